The van der Waals surface area contributed by atoms with Crippen LogP contribution in [-0.2, 0) is 16.4 Å². The third-order valence-electron chi connectivity index (χ3n) is 3.75. The van der Waals surface area contributed by atoms with Crippen molar-refractivity contribution in [3.05, 3.63) is 52.8 Å². The molecule has 0 atom stereocenters. The molecule has 0 unspecified atom stereocenters. The SMILES string of the molecule is CCNc1ncnc2cc(OCc3cccc(S(C)(=O)=O)c3)c(Br)cc12. The average molecular weight is 436 g/mol. The molecule has 3 aromatic rings. The number of fused-ring (bicyclic) bond motifs is 1. The molecule has 0 spiro atoms. The van der Waals surface area contributed by atoms with Crippen LogP contribution in [-0.4, -0.2) is 31.2 Å². The molecule has 136 valence electrons. The van der Waals surface area contributed by atoms with Gasteiger partial charge in [0.1, 0.15) is 24.5 Å². The number of ether oxygens (including phenoxy) is 1. The van der Waals surface area contributed by atoms with Crippen molar-refractivity contribution < 1.29 is 13.2 Å². The normalized spacial score (nSPS) is 11.5. The third-order valence-corrected chi connectivity index (χ3v) is 5.48. The topological polar surface area (TPSA) is 81.2 Å². The van der Waals surface area contributed by atoms with E-state index in [9.17, 15) is 8.42 Å². The van der Waals surface area contributed by atoms with Gasteiger partial charge in [0.05, 0.1) is 14.9 Å². The van der Waals surface area contributed by atoms with E-state index in [2.05, 4.69) is 31.2 Å². The van der Waals surface area contributed by atoms with Gasteiger partial charge in [-0.3, -0.25) is 0 Å². The van der Waals surface area contributed by atoms with Crippen molar-refractivity contribution in [3.8, 4) is 5.75 Å². The van der Waals surface area contributed by atoms with E-state index in [0.717, 1.165) is 33.3 Å². The van der Waals surface area contributed by atoms with Gasteiger partial charge < -0.3 is 10.1 Å². The molecule has 0 aliphatic carbocycles. The summed E-state index contributed by atoms with van der Waals surface area (Å²) in [5.41, 5.74) is 1.54. The van der Waals surface area contributed by atoms with E-state index < -0.39 is 9.84 Å². The first-order valence-corrected chi connectivity index (χ1v) is 10.7. The number of hydrogen-bond acceptors (Lipinski definition) is 6. The highest BCUT2D eigenvalue weighted by Crippen LogP contribution is 2.32. The average Bonchev–Trinajstić information content (AvgIpc) is 2.60. The van der Waals surface area contributed by atoms with Crippen molar-refractivity contribution in [1.82, 2.24) is 9.97 Å². The van der Waals surface area contributed by atoms with Crippen LogP contribution in [0.4, 0.5) is 5.82 Å². The summed E-state index contributed by atoms with van der Waals surface area (Å²) in [6.07, 6.45) is 2.70. The lowest BCUT2D eigenvalue weighted by molar-refractivity contribution is 0.304. The van der Waals surface area contributed by atoms with Gasteiger partial charge in [-0.15, -0.1) is 0 Å². The molecule has 0 saturated heterocycles. The van der Waals surface area contributed by atoms with Gasteiger partial charge in [0.2, 0.25) is 0 Å². The second kappa shape index (κ2) is 7.59. The Morgan fingerprint density at radius 1 is 1.19 bits per heavy atom. The highest BCUT2D eigenvalue weighted by atomic mass is 79.9. The van der Waals surface area contributed by atoms with E-state index in [0.29, 0.717) is 5.75 Å². The summed E-state index contributed by atoms with van der Waals surface area (Å²) < 4.78 is 30.0. The lowest BCUT2D eigenvalue weighted by Gasteiger charge is -2.12. The largest absolute Gasteiger partial charge is 0.488 e. The molecule has 0 radical (unpaired) electrons. The molecule has 26 heavy (non-hydrogen) atoms. The predicted molar refractivity (Wildman–Crippen MR) is 105 cm³/mol. The fraction of sp³-hybridized carbons (Fsp3) is 0.222. The molecule has 1 heterocycles. The standard InChI is InChI=1S/C18H18BrN3O3S/c1-3-20-18-14-8-15(19)17(9-16(14)21-11-22-18)25-10-12-5-4-6-13(7-12)26(2,23)24/h4-9,11H,3,10H2,1-2H3,(H,20,21,22). The number of nitrogens with zero attached hydrogens (tertiary/aromatic N) is 2. The van der Waals surface area contributed by atoms with Crippen LogP contribution in [0, 0.1) is 0 Å². The van der Waals surface area contributed by atoms with Gasteiger partial charge in [-0.05, 0) is 46.6 Å². The first kappa shape index (κ1) is 18.6. The minimum Gasteiger partial charge on any atom is -0.488 e. The van der Waals surface area contributed by atoms with E-state index >= 15 is 0 Å². The Kier molecular flexibility index (Phi) is 5.43. The maximum absolute atomic E-state index is 11.7. The number of aromatic nitrogens is 2. The van der Waals surface area contributed by atoms with Crippen molar-refractivity contribution in [2.24, 2.45) is 0 Å². The molecule has 3 rings (SSSR count). The van der Waals surface area contributed by atoms with Crippen LogP contribution in [0.1, 0.15) is 12.5 Å². The van der Waals surface area contributed by atoms with E-state index in [1.54, 1.807) is 18.2 Å². The van der Waals surface area contributed by atoms with Gasteiger partial charge in [0, 0.05) is 24.3 Å². The maximum atomic E-state index is 11.7. The van der Waals surface area contributed by atoms with Crippen molar-refractivity contribution in [2.75, 3.05) is 18.1 Å². The zero-order valence-electron chi connectivity index (χ0n) is 14.4. The molecule has 8 heteroatoms. The van der Waals surface area contributed by atoms with E-state index in [1.807, 2.05) is 25.1 Å². The Bertz CT molecular complexity index is 1050. The summed E-state index contributed by atoms with van der Waals surface area (Å²) in [6, 6.07) is 10.5. The quantitative estimate of drug-likeness (QED) is 0.633. The van der Waals surface area contributed by atoms with Crippen LogP contribution in [0.3, 0.4) is 0 Å². The van der Waals surface area contributed by atoms with Crippen LogP contribution in [0.15, 0.2) is 52.1 Å². The molecule has 0 bridgehead atoms. The molecule has 0 aliphatic rings. The third kappa shape index (κ3) is 4.13. The predicted octanol–water partition coefficient (Wildman–Crippen LogP) is 3.81. The molecule has 1 aromatic heterocycles. The van der Waals surface area contributed by atoms with Gasteiger partial charge in [0.25, 0.3) is 0 Å². The fourth-order valence-corrected chi connectivity index (χ4v) is 3.65. The number of halogens is 1. The van der Waals surface area contributed by atoms with Crippen molar-refractivity contribution in [1.29, 1.82) is 0 Å². The van der Waals surface area contributed by atoms with Gasteiger partial charge in [-0.1, -0.05) is 12.1 Å². The molecule has 0 fully saturated rings. The highest BCUT2D eigenvalue weighted by molar-refractivity contribution is 9.10. The summed E-state index contributed by atoms with van der Waals surface area (Å²) in [6.45, 7) is 3.02. The Morgan fingerprint density at radius 2 is 2.00 bits per heavy atom. The van der Waals surface area contributed by atoms with Crippen molar-refractivity contribution >= 4 is 42.5 Å². The first-order valence-electron chi connectivity index (χ1n) is 7.98. The maximum Gasteiger partial charge on any atom is 0.175 e. The first-order chi connectivity index (χ1) is 12.4. The highest BCUT2D eigenvalue weighted by Gasteiger charge is 2.11. The minimum atomic E-state index is -3.24. The second-order valence-electron chi connectivity index (χ2n) is 5.76. The number of anilines is 1. The Balaban J connectivity index is 1.87. The van der Waals surface area contributed by atoms with Crippen LogP contribution < -0.4 is 10.1 Å². The molecular formula is C18H18BrN3O3S. The van der Waals surface area contributed by atoms with Crippen LogP contribution in [0.5, 0.6) is 5.75 Å². The van der Waals surface area contributed by atoms with Gasteiger partial charge >= 0.3 is 0 Å². The van der Waals surface area contributed by atoms with Crippen molar-refractivity contribution in [3.63, 3.8) is 0 Å². The molecule has 2 aromatic carbocycles. The summed E-state index contributed by atoms with van der Waals surface area (Å²) in [5.74, 6) is 1.40. The number of sulfone groups is 1. The summed E-state index contributed by atoms with van der Waals surface area (Å²) in [5, 5.41) is 4.10. The van der Waals surface area contributed by atoms with E-state index in [-0.39, 0.29) is 11.5 Å². The lowest BCUT2D eigenvalue weighted by atomic mass is 10.2. The molecule has 0 aliphatic heterocycles. The second-order valence-corrected chi connectivity index (χ2v) is 8.63. The molecule has 1 N–H and O–H groups in total. The van der Waals surface area contributed by atoms with Crippen LogP contribution in [0.25, 0.3) is 10.9 Å². The summed E-state index contributed by atoms with van der Waals surface area (Å²) >= 11 is 3.52. The zero-order valence-corrected chi connectivity index (χ0v) is 16.8. The number of nitrogens with one attached hydrogen (secondary N) is 1. The zero-order chi connectivity index (χ0) is 18.7. The molecule has 0 amide bonds. The molecular weight excluding hydrogens is 418 g/mol. The monoisotopic (exact) mass is 435 g/mol. The van der Waals surface area contributed by atoms with Gasteiger partial charge in [-0.2, -0.15) is 0 Å². The molecule has 6 nitrogen and oxygen atoms in total. The number of rotatable bonds is 6. The Morgan fingerprint density at radius 3 is 2.73 bits per heavy atom. The fourth-order valence-electron chi connectivity index (χ4n) is 2.50. The van der Waals surface area contributed by atoms with Crippen molar-refractivity contribution in [2.45, 2.75) is 18.4 Å². The van der Waals surface area contributed by atoms with Crippen LogP contribution >= 0.6 is 15.9 Å². The minimum absolute atomic E-state index is 0.249. The van der Waals surface area contributed by atoms with Gasteiger partial charge in [-0.25, -0.2) is 18.4 Å². The smallest absolute Gasteiger partial charge is 0.175 e. The summed E-state index contributed by atoms with van der Waals surface area (Å²) in [4.78, 5) is 8.83. The van der Waals surface area contributed by atoms with Crippen LogP contribution in [0.2, 0.25) is 0 Å². The van der Waals surface area contributed by atoms with E-state index in [4.69, 9.17) is 4.74 Å². The van der Waals surface area contributed by atoms with E-state index in [1.165, 1.54) is 12.6 Å². The molecule has 0 saturated carbocycles. The van der Waals surface area contributed by atoms with Gasteiger partial charge in [0.15, 0.2) is 9.84 Å². The number of benzene rings is 2. The summed E-state index contributed by atoms with van der Waals surface area (Å²) in [7, 11) is -3.24. The Labute approximate surface area is 160 Å². The number of hydrogen-bond donors (Lipinski definition) is 1. The Hall–Kier alpha value is -2.19. The lowest BCUT2D eigenvalue weighted by Crippen LogP contribution is -2.02.